The number of aryl methyl sites for hydroxylation is 2. The molecule has 0 aliphatic rings. The molecule has 0 spiro atoms. The van der Waals surface area contributed by atoms with E-state index in [-0.39, 0.29) is 18.1 Å². The van der Waals surface area contributed by atoms with Crippen LogP contribution in [0.15, 0.2) is 12.3 Å². The van der Waals surface area contributed by atoms with Crippen LogP contribution in [0.4, 0.5) is 5.95 Å². The first kappa shape index (κ1) is 12.8. The maximum Gasteiger partial charge on any atom is 0.202 e. The van der Waals surface area contributed by atoms with E-state index in [1.165, 1.54) is 0 Å². The van der Waals surface area contributed by atoms with Crippen molar-refractivity contribution >= 4 is 26.9 Å². The van der Waals surface area contributed by atoms with E-state index in [1.54, 1.807) is 17.7 Å². The number of hydrogen-bond acceptors (Lipinski definition) is 5. The van der Waals surface area contributed by atoms with E-state index in [1.807, 2.05) is 13.0 Å². The highest BCUT2D eigenvalue weighted by Crippen LogP contribution is 2.18. The fourth-order valence-corrected chi connectivity index (χ4v) is 2.50. The van der Waals surface area contributed by atoms with E-state index in [9.17, 15) is 8.42 Å². The summed E-state index contributed by atoms with van der Waals surface area (Å²) in [5.74, 6) is 0.485. The van der Waals surface area contributed by atoms with Crippen molar-refractivity contribution in [1.82, 2.24) is 14.5 Å². The second-order valence-electron chi connectivity index (χ2n) is 4.16. The molecule has 0 aliphatic carbocycles. The lowest BCUT2D eigenvalue weighted by Crippen LogP contribution is -2.16. The highest BCUT2D eigenvalue weighted by Gasteiger charge is 2.14. The molecule has 0 fully saturated rings. The van der Waals surface area contributed by atoms with Crippen molar-refractivity contribution in [3.05, 3.63) is 17.8 Å². The number of rotatable bonds is 4. The normalized spacial score (nSPS) is 12.1. The van der Waals surface area contributed by atoms with Gasteiger partial charge in [0.25, 0.3) is 0 Å². The third kappa shape index (κ3) is 2.31. The van der Waals surface area contributed by atoms with Gasteiger partial charge in [-0.1, -0.05) is 6.92 Å². The molecular formula is C11H16N4O2S. The lowest BCUT2D eigenvalue weighted by molar-refractivity contribution is 0.591. The summed E-state index contributed by atoms with van der Waals surface area (Å²) >= 11 is 0. The van der Waals surface area contributed by atoms with Gasteiger partial charge in [-0.25, -0.2) is 18.4 Å². The summed E-state index contributed by atoms with van der Waals surface area (Å²) < 4.78 is 24.7. The Morgan fingerprint density at radius 3 is 2.83 bits per heavy atom. The molecular weight excluding hydrogens is 252 g/mol. The second-order valence-corrected chi connectivity index (χ2v) is 6.63. The number of nitrogens with two attached hydrogens (primary N) is 1. The Bertz CT molecular complexity index is 676. The van der Waals surface area contributed by atoms with Gasteiger partial charge in [-0.05, 0) is 18.6 Å². The maximum absolute atomic E-state index is 11.5. The number of aromatic nitrogens is 3. The Morgan fingerprint density at radius 1 is 1.44 bits per heavy atom. The van der Waals surface area contributed by atoms with E-state index >= 15 is 0 Å². The van der Waals surface area contributed by atoms with E-state index < -0.39 is 9.84 Å². The zero-order chi connectivity index (χ0) is 13.3. The summed E-state index contributed by atoms with van der Waals surface area (Å²) in [4.78, 5) is 8.44. The summed E-state index contributed by atoms with van der Waals surface area (Å²) in [7, 11) is -3.02. The minimum absolute atomic E-state index is 0.0504. The third-order valence-corrected chi connectivity index (χ3v) is 4.62. The summed E-state index contributed by atoms with van der Waals surface area (Å²) in [5.41, 5.74) is 8.15. The fourth-order valence-electron chi connectivity index (χ4n) is 1.75. The Balaban J connectivity index is 2.40. The zero-order valence-electron chi connectivity index (χ0n) is 10.4. The minimum atomic E-state index is -3.02. The summed E-state index contributed by atoms with van der Waals surface area (Å²) in [5, 5.41) is 0. The standard InChI is InChI=1S/C11H16N4O2S/c1-3-18(16,17)7-6-15-10-9(14-11(15)12)8(2)4-5-13-10/h4-5H,3,6-7H2,1-2H3,(H2,12,14). The summed E-state index contributed by atoms with van der Waals surface area (Å²) in [6.07, 6.45) is 1.67. The number of nitrogen functional groups attached to an aromatic ring is 1. The maximum atomic E-state index is 11.5. The minimum Gasteiger partial charge on any atom is -0.369 e. The van der Waals surface area contributed by atoms with Gasteiger partial charge in [-0.15, -0.1) is 0 Å². The van der Waals surface area contributed by atoms with Crippen molar-refractivity contribution < 1.29 is 8.42 Å². The summed E-state index contributed by atoms with van der Waals surface area (Å²) in [6.45, 7) is 3.84. The number of fused-ring (bicyclic) bond motifs is 1. The first-order valence-electron chi connectivity index (χ1n) is 5.72. The zero-order valence-corrected chi connectivity index (χ0v) is 11.2. The van der Waals surface area contributed by atoms with Crippen LogP contribution in [0.2, 0.25) is 0 Å². The van der Waals surface area contributed by atoms with Gasteiger partial charge in [0.2, 0.25) is 5.95 Å². The van der Waals surface area contributed by atoms with Crippen LogP contribution in [0, 0.1) is 6.92 Å². The number of hydrogen-bond donors (Lipinski definition) is 1. The Hall–Kier alpha value is -1.63. The van der Waals surface area contributed by atoms with Gasteiger partial charge < -0.3 is 5.73 Å². The number of sulfone groups is 1. The van der Waals surface area contributed by atoms with Crippen molar-refractivity contribution in [3.63, 3.8) is 0 Å². The number of imidazole rings is 1. The number of anilines is 1. The molecule has 2 N–H and O–H groups in total. The molecule has 2 aromatic heterocycles. The van der Waals surface area contributed by atoms with Crippen molar-refractivity contribution in [2.24, 2.45) is 0 Å². The monoisotopic (exact) mass is 268 g/mol. The smallest absolute Gasteiger partial charge is 0.202 e. The Kier molecular flexibility index (Phi) is 3.25. The molecule has 0 bridgehead atoms. The molecule has 2 aromatic rings. The van der Waals surface area contributed by atoms with Gasteiger partial charge in [0.1, 0.15) is 5.52 Å². The molecule has 0 atom stereocenters. The Morgan fingerprint density at radius 2 is 2.17 bits per heavy atom. The molecule has 0 saturated heterocycles. The predicted molar refractivity (Wildman–Crippen MR) is 71.0 cm³/mol. The lowest BCUT2D eigenvalue weighted by Gasteiger charge is -2.05. The summed E-state index contributed by atoms with van der Waals surface area (Å²) in [6, 6.07) is 1.85. The molecule has 0 radical (unpaired) electrons. The highest BCUT2D eigenvalue weighted by atomic mass is 32.2. The molecule has 2 rings (SSSR count). The van der Waals surface area contributed by atoms with Crippen molar-refractivity contribution in [2.75, 3.05) is 17.2 Å². The molecule has 0 aliphatic heterocycles. The van der Waals surface area contributed by atoms with Crippen LogP contribution in [0.5, 0.6) is 0 Å². The van der Waals surface area contributed by atoms with Gasteiger partial charge in [-0.3, -0.25) is 4.57 Å². The fraction of sp³-hybridized carbons (Fsp3) is 0.455. The van der Waals surface area contributed by atoms with Crippen LogP contribution in [-0.2, 0) is 16.4 Å². The number of nitrogens with zero attached hydrogens (tertiary/aromatic N) is 3. The van der Waals surface area contributed by atoms with Crippen LogP contribution in [0.3, 0.4) is 0 Å². The van der Waals surface area contributed by atoms with Crippen molar-refractivity contribution in [3.8, 4) is 0 Å². The third-order valence-electron chi connectivity index (χ3n) is 2.93. The molecule has 2 heterocycles. The molecule has 18 heavy (non-hydrogen) atoms. The molecule has 6 nitrogen and oxygen atoms in total. The van der Waals surface area contributed by atoms with E-state index in [0.717, 1.165) is 11.1 Å². The molecule has 0 unspecified atom stereocenters. The first-order chi connectivity index (χ1) is 8.44. The van der Waals surface area contributed by atoms with Gasteiger partial charge in [0.15, 0.2) is 15.5 Å². The van der Waals surface area contributed by atoms with E-state index in [2.05, 4.69) is 9.97 Å². The topological polar surface area (TPSA) is 90.9 Å². The van der Waals surface area contributed by atoms with Crippen molar-refractivity contribution in [2.45, 2.75) is 20.4 Å². The second kappa shape index (κ2) is 4.56. The first-order valence-corrected chi connectivity index (χ1v) is 7.54. The van der Waals surface area contributed by atoms with Crippen LogP contribution < -0.4 is 5.73 Å². The SMILES string of the molecule is CCS(=O)(=O)CCn1c(N)nc2c(C)ccnc21. The van der Waals surface area contributed by atoms with Gasteiger partial charge in [0, 0.05) is 18.5 Å². The van der Waals surface area contributed by atoms with Crippen LogP contribution in [0.25, 0.3) is 11.2 Å². The molecule has 98 valence electrons. The van der Waals surface area contributed by atoms with E-state index in [4.69, 9.17) is 5.73 Å². The molecule has 0 amide bonds. The van der Waals surface area contributed by atoms with Crippen molar-refractivity contribution in [1.29, 1.82) is 0 Å². The van der Waals surface area contributed by atoms with Gasteiger partial charge in [0.05, 0.1) is 5.75 Å². The molecule has 0 saturated carbocycles. The molecule has 7 heteroatoms. The Labute approximate surface area is 106 Å². The van der Waals surface area contributed by atoms with Gasteiger partial charge in [-0.2, -0.15) is 0 Å². The van der Waals surface area contributed by atoms with Crippen LogP contribution in [0.1, 0.15) is 12.5 Å². The van der Waals surface area contributed by atoms with Crippen LogP contribution >= 0.6 is 0 Å². The average molecular weight is 268 g/mol. The van der Waals surface area contributed by atoms with Gasteiger partial charge >= 0.3 is 0 Å². The lowest BCUT2D eigenvalue weighted by atomic mass is 10.3. The predicted octanol–water partition coefficient (Wildman–Crippen LogP) is 0.757. The van der Waals surface area contributed by atoms with E-state index in [0.29, 0.717) is 11.6 Å². The highest BCUT2D eigenvalue weighted by molar-refractivity contribution is 7.91. The van der Waals surface area contributed by atoms with Crippen LogP contribution in [-0.4, -0.2) is 34.5 Å². The molecule has 0 aromatic carbocycles. The average Bonchev–Trinajstić information content (AvgIpc) is 2.65. The quantitative estimate of drug-likeness (QED) is 0.883. The largest absolute Gasteiger partial charge is 0.369 e. The number of pyridine rings is 1.